The molecule has 0 radical (unpaired) electrons. The quantitative estimate of drug-likeness (QED) is 0.699. The summed E-state index contributed by atoms with van der Waals surface area (Å²) in [4.78, 5) is 11.1. The van der Waals surface area contributed by atoms with Crippen LogP contribution in [0.3, 0.4) is 0 Å². The Balaban J connectivity index is 2.23. The number of sulfonamides is 1. The van der Waals surface area contributed by atoms with Crippen molar-refractivity contribution in [2.75, 3.05) is 0 Å². The molecule has 2 heterocycles. The van der Waals surface area contributed by atoms with Gasteiger partial charge in [0, 0.05) is 31.0 Å². The zero-order valence-corrected chi connectivity index (χ0v) is 12.2. The minimum atomic E-state index is -3.77. The highest BCUT2D eigenvalue weighted by atomic mass is 32.2. The minimum Gasteiger partial charge on any atom is -0.477 e. The molecule has 0 bridgehead atoms. The van der Waals surface area contributed by atoms with E-state index >= 15 is 0 Å². The van der Waals surface area contributed by atoms with Gasteiger partial charge in [0.25, 0.3) is 0 Å². The second-order valence-corrected chi connectivity index (χ2v) is 6.26. The molecule has 0 aliphatic carbocycles. The molecule has 0 saturated heterocycles. The third-order valence-electron chi connectivity index (χ3n) is 2.89. The van der Waals surface area contributed by atoms with E-state index in [-0.39, 0.29) is 17.1 Å². The van der Waals surface area contributed by atoms with Gasteiger partial charge in [0.2, 0.25) is 10.0 Å². The van der Waals surface area contributed by atoms with Crippen molar-refractivity contribution in [2.45, 2.75) is 31.3 Å². The first-order valence-electron chi connectivity index (χ1n) is 6.35. The molecule has 0 amide bonds. The number of nitrogens with zero attached hydrogens (tertiary/aromatic N) is 2. The van der Waals surface area contributed by atoms with E-state index in [1.807, 2.05) is 6.92 Å². The van der Waals surface area contributed by atoms with Crippen LogP contribution in [0.2, 0.25) is 0 Å². The highest BCUT2D eigenvalue weighted by Gasteiger charge is 2.21. The van der Waals surface area contributed by atoms with Crippen molar-refractivity contribution in [2.24, 2.45) is 0 Å². The average molecular weight is 312 g/mol. The van der Waals surface area contributed by atoms with Crippen LogP contribution in [0.1, 0.15) is 29.4 Å². The maximum Gasteiger partial charge on any atom is 0.352 e. The Morgan fingerprint density at radius 1 is 1.52 bits per heavy atom. The van der Waals surface area contributed by atoms with Crippen LogP contribution < -0.4 is 4.72 Å². The molecule has 2 aromatic rings. The summed E-state index contributed by atoms with van der Waals surface area (Å²) in [5, 5.41) is 15.4. The Labute approximate surface area is 121 Å². The maximum atomic E-state index is 12.2. The van der Waals surface area contributed by atoms with Crippen LogP contribution in [0.4, 0.5) is 0 Å². The molecule has 0 aliphatic rings. The summed E-state index contributed by atoms with van der Waals surface area (Å²) in [6.07, 6.45) is 5.13. The molecule has 8 nitrogen and oxygen atoms in total. The Bertz CT molecular complexity index is 719. The zero-order chi connectivity index (χ0) is 15.5. The zero-order valence-electron chi connectivity index (χ0n) is 11.4. The summed E-state index contributed by atoms with van der Waals surface area (Å²) in [6, 6.07) is 1.16. The average Bonchev–Trinajstić information content (AvgIpc) is 3.06. The number of H-pyrrole nitrogens is 1. The van der Waals surface area contributed by atoms with Gasteiger partial charge in [0.1, 0.15) is 10.6 Å². The summed E-state index contributed by atoms with van der Waals surface area (Å²) >= 11 is 0. The van der Waals surface area contributed by atoms with Crippen LogP contribution in [-0.2, 0) is 23.1 Å². The molecule has 0 aromatic carbocycles. The van der Waals surface area contributed by atoms with Gasteiger partial charge >= 0.3 is 5.97 Å². The molecule has 114 valence electrons. The third kappa shape index (κ3) is 3.50. The van der Waals surface area contributed by atoms with E-state index in [0.717, 1.165) is 6.07 Å². The summed E-state index contributed by atoms with van der Waals surface area (Å²) in [6.45, 7) is 2.41. The van der Waals surface area contributed by atoms with Gasteiger partial charge in [-0.1, -0.05) is 6.92 Å². The topological polar surface area (TPSA) is 117 Å². The van der Waals surface area contributed by atoms with Gasteiger partial charge < -0.3 is 9.67 Å². The molecule has 21 heavy (non-hydrogen) atoms. The fraction of sp³-hybridized carbons (Fsp3) is 0.333. The van der Waals surface area contributed by atoms with Crippen molar-refractivity contribution in [3.8, 4) is 0 Å². The van der Waals surface area contributed by atoms with Gasteiger partial charge in [-0.05, 0) is 12.5 Å². The number of aromatic carboxylic acids is 1. The Hall–Kier alpha value is -2.13. The number of aromatic nitrogens is 3. The van der Waals surface area contributed by atoms with Crippen molar-refractivity contribution in [3.05, 3.63) is 35.9 Å². The smallest absolute Gasteiger partial charge is 0.352 e. The molecule has 0 spiro atoms. The number of aryl methyl sites for hydroxylation is 1. The molecule has 9 heteroatoms. The molecule has 0 aliphatic heterocycles. The second-order valence-electron chi connectivity index (χ2n) is 4.49. The van der Waals surface area contributed by atoms with Crippen molar-refractivity contribution in [1.29, 1.82) is 0 Å². The first kappa shape index (κ1) is 15.3. The summed E-state index contributed by atoms with van der Waals surface area (Å²) in [5.41, 5.74) is 0.644. The van der Waals surface area contributed by atoms with Crippen LogP contribution in [0.5, 0.6) is 0 Å². The van der Waals surface area contributed by atoms with Crippen molar-refractivity contribution < 1.29 is 18.3 Å². The van der Waals surface area contributed by atoms with Gasteiger partial charge in [-0.2, -0.15) is 5.10 Å². The van der Waals surface area contributed by atoms with Crippen LogP contribution in [0.15, 0.2) is 29.6 Å². The predicted molar refractivity (Wildman–Crippen MR) is 74.3 cm³/mol. The Kier molecular flexibility index (Phi) is 4.43. The number of carboxylic acid groups (broad SMARTS) is 1. The third-order valence-corrected chi connectivity index (χ3v) is 4.25. The van der Waals surface area contributed by atoms with E-state index in [0.29, 0.717) is 18.5 Å². The number of hydrogen-bond donors (Lipinski definition) is 3. The van der Waals surface area contributed by atoms with Crippen LogP contribution in [-0.4, -0.2) is 34.3 Å². The van der Waals surface area contributed by atoms with E-state index in [9.17, 15) is 13.2 Å². The fourth-order valence-electron chi connectivity index (χ4n) is 1.87. The molecule has 0 fully saturated rings. The fourth-order valence-corrected chi connectivity index (χ4v) is 2.93. The van der Waals surface area contributed by atoms with E-state index in [4.69, 9.17) is 5.11 Å². The number of carboxylic acids is 1. The lowest BCUT2D eigenvalue weighted by molar-refractivity contribution is 0.0685. The predicted octanol–water partition coefficient (Wildman–Crippen LogP) is 0.798. The lowest BCUT2D eigenvalue weighted by Gasteiger charge is -2.03. The van der Waals surface area contributed by atoms with Crippen molar-refractivity contribution >= 4 is 16.0 Å². The van der Waals surface area contributed by atoms with Gasteiger partial charge in [-0.3, -0.25) is 5.10 Å². The maximum absolute atomic E-state index is 12.2. The van der Waals surface area contributed by atoms with Crippen LogP contribution in [0.25, 0.3) is 0 Å². The molecule has 0 saturated carbocycles. The molecule has 2 aromatic heterocycles. The first-order valence-corrected chi connectivity index (χ1v) is 7.83. The standard InChI is InChI=1S/C12H16N4O4S/c1-2-3-16-8-10(4-11(16)12(17)18)21(19,20)15-7-9-5-13-14-6-9/h4-6,8,15H,2-3,7H2,1H3,(H,13,14)(H,17,18). The largest absolute Gasteiger partial charge is 0.477 e. The normalized spacial score (nSPS) is 11.7. The van der Waals surface area contributed by atoms with E-state index in [1.54, 1.807) is 6.20 Å². The lowest BCUT2D eigenvalue weighted by atomic mass is 10.4. The van der Waals surface area contributed by atoms with Crippen LogP contribution in [0, 0.1) is 0 Å². The SMILES string of the molecule is CCCn1cc(S(=O)(=O)NCc2cn[nH]c2)cc1C(=O)O. The lowest BCUT2D eigenvalue weighted by Crippen LogP contribution is -2.22. The highest BCUT2D eigenvalue weighted by Crippen LogP contribution is 2.15. The molecule has 2 rings (SSSR count). The molecule has 0 unspecified atom stereocenters. The number of aromatic amines is 1. The first-order chi connectivity index (χ1) is 9.94. The second kappa shape index (κ2) is 6.10. The van der Waals surface area contributed by atoms with Gasteiger partial charge in [-0.15, -0.1) is 0 Å². The molecule has 0 atom stereocenters. The molecular weight excluding hydrogens is 296 g/mol. The minimum absolute atomic E-state index is 0.0412. The van der Waals surface area contributed by atoms with Crippen LogP contribution >= 0.6 is 0 Å². The van der Waals surface area contributed by atoms with Crippen molar-refractivity contribution in [1.82, 2.24) is 19.5 Å². The number of hydrogen-bond acceptors (Lipinski definition) is 4. The number of nitrogens with one attached hydrogen (secondary N) is 2. The summed E-state index contributed by atoms with van der Waals surface area (Å²) in [7, 11) is -3.77. The summed E-state index contributed by atoms with van der Waals surface area (Å²) in [5.74, 6) is -1.15. The van der Waals surface area contributed by atoms with Gasteiger partial charge in [-0.25, -0.2) is 17.9 Å². The number of rotatable bonds is 7. The van der Waals surface area contributed by atoms with Crippen molar-refractivity contribution in [3.63, 3.8) is 0 Å². The Morgan fingerprint density at radius 3 is 2.86 bits per heavy atom. The van der Waals surface area contributed by atoms with Gasteiger partial charge in [0.05, 0.1) is 6.20 Å². The summed E-state index contributed by atoms with van der Waals surface area (Å²) < 4.78 is 28.2. The molecular formula is C12H16N4O4S. The Morgan fingerprint density at radius 2 is 2.29 bits per heavy atom. The number of carbonyl (C=O) groups is 1. The van der Waals surface area contributed by atoms with Gasteiger partial charge in [0.15, 0.2) is 0 Å². The monoisotopic (exact) mass is 312 g/mol. The van der Waals surface area contributed by atoms with E-state index < -0.39 is 16.0 Å². The van der Waals surface area contributed by atoms with E-state index in [1.165, 1.54) is 17.0 Å². The molecule has 3 N–H and O–H groups in total. The highest BCUT2D eigenvalue weighted by molar-refractivity contribution is 7.89. The van der Waals surface area contributed by atoms with E-state index in [2.05, 4.69) is 14.9 Å².